The Balaban J connectivity index is 2.16. The van der Waals surface area contributed by atoms with Crippen molar-refractivity contribution in [3.8, 4) is 5.75 Å². The smallest absolute Gasteiger partial charge is 0.343 e. The van der Waals surface area contributed by atoms with Crippen molar-refractivity contribution >= 4 is 5.97 Å². The van der Waals surface area contributed by atoms with Crippen molar-refractivity contribution in [3.05, 3.63) is 65.2 Å². The molecule has 0 amide bonds. The summed E-state index contributed by atoms with van der Waals surface area (Å²) in [6, 6.07) is 15.0. The minimum absolute atomic E-state index is 0.313. The Bertz CT molecular complexity index is 559. The lowest BCUT2D eigenvalue weighted by Crippen LogP contribution is -2.08. The van der Waals surface area contributed by atoms with Crippen LogP contribution < -0.4 is 4.74 Å². The van der Waals surface area contributed by atoms with Crippen LogP contribution in [0.15, 0.2) is 48.5 Å². The zero-order valence-corrected chi connectivity index (χ0v) is 10.6. The number of esters is 1. The Morgan fingerprint density at radius 1 is 1.11 bits per heavy atom. The van der Waals surface area contributed by atoms with Crippen molar-refractivity contribution in [2.45, 2.75) is 20.3 Å². The van der Waals surface area contributed by atoms with Crippen LogP contribution in [0.5, 0.6) is 5.75 Å². The Morgan fingerprint density at radius 2 is 1.89 bits per heavy atom. The molecular formula is C16H16O2. The van der Waals surface area contributed by atoms with E-state index in [4.69, 9.17) is 4.74 Å². The van der Waals surface area contributed by atoms with Crippen LogP contribution in [-0.2, 0) is 6.42 Å². The van der Waals surface area contributed by atoms with Crippen molar-refractivity contribution in [2.24, 2.45) is 0 Å². The predicted molar refractivity (Wildman–Crippen MR) is 72.0 cm³/mol. The number of hydrogen-bond donors (Lipinski definition) is 0. The molecule has 0 heterocycles. The molecule has 18 heavy (non-hydrogen) atoms. The zero-order valence-electron chi connectivity index (χ0n) is 10.6. The molecule has 92 valence electrons. The van der Waals surface area contributed by atoms with Gasteiger partial charge >= 0.3 is 5.97 Å². The fourth-order valence-corrected chi connectivity index (χ4v) is 1.77. The molecule has 0 atom stereocenters. The van der Waals surface area contributed by atoms with Crippen LogP contribution in [0, 0.1) is 6.92 Å². The molecule has 0 aliphatic rings. The second-order valence-corrected chi connectivity index (χ2v) is 4.26. The molecule has 2 aromatic carbocycles. The fraction of sp³-hybridized carbons (Fsp3) is 0.188. The minimum atomic E-state index is -0.313. The van der Waals surface area contributed by atoms with E-state index in [-0.39, 0.29) is 5.97 Å². The van der Waals surface area contributed by atoms with Crippen molar-refractivity contribution in [3.63, 3.8) is 0 Å². The van der Waals surface area contributed by atoms with Crippen LogP contribution in [0.3, 0.4) is 0 Å². The summed E-state index contributed by atoms with van der Waals surface area (Å²) in [4.78, 5) is 11.9. The molecule has 2 aromatic rings. The number of carbonyl (C=O) groups is 1. The molecule has 0 fully saturated rings. The van der Waals surface area contributed by atoms with Gasteiger partial charge in [-0.25, -0.2) is 4.79 Å². The first kappa shape index (κ1) is 12.4. The highest BCUT2D eigenvalue weighted by molar-refractivity contribution is 5.91. The van der Waals surface area contributed by atoms with Gasteiger partial charge in [0.25, 0.3) is 0 Å². The number of rotatable bonds is 3. The van der Waals surface area contributed by atoms with Crippen LogP contribution in [0.25, 0.3) is 0 Å². The molecular weight excluding hydrogens is 224 g/mol. The normalized spacial score (nSPS) is 10.1. The first-order valence-electron chi connectivity index (χ1n) is 6.07. The number of carbonyl (C=O) groups excluding carboxylic acids is 1. The number of aryl methyl sites for hydroxylation is 2. The molecule has 0 saturated heterocycles. The highest BCUT2D eigenvalue weighted by atomic mass is 16.5. The van der Waals surface area contributed by atoms with Crippen LogP contribution in [0.2, 0.25) is 0 Å². The second-order valence-electron chi connectivity index (χ2n) is 4.26. The van der Waals surface area contributed by atoms with Crippen molar-refractivity contribution in [1.29, 1.82) is 0 Å². The Morgan fingerprint density at radius 3 is 2.61 bits per heavy atom. The van der Waals surface area contributed by atoms with Gasteiger partial charge in [-0.05, 0) is 43.2 Å². The summed E-state index contributed by atoms with van der Waals surface area (Å²) in [7, 11) is 0. The molecule has 0 radical (unpaired) electrons. The molecule has 0 aliphatic carbocycles. The Hall–Kier alpha value is -2.09. The summed E-state index contributed by atoms with van der Waals surface area (Å²) in [6.07, 6.45) is 0.926. The highest BCUT2D eigenvalue weighted by Gasteiger charge is 2.08. The number of ether oxygens (including phenoxy) is 1. The minimum Gasteiger partial charge on any atom is -0.423 e. The summed E-state index contributed by atoms with van der Waals surface area (Å²) in [5.74, 6) is 0.285. The van der Waals surface area contributed by atoms with Crippen LogP contribution >= 0.6 is 0 Å². The van der Waals surface area contributed by atoms with E-state index in [1.54, 1.807) is 12.1 Å². The Kier molecular flexibility index (Phi) is 3.78. The largest absolute Gasteiger partial charge is 0.423 e. The molecule has 2 nitrogen and oxygen atoms in total. The average Bonchev–Trinajstić information content (AvgIpc) is 2.39. The lowest BCUT2D eigenvalue weighted by molar-refractivity contribution is 0.0734. The van der Waals surface area contributed by atoms with Crippen LogP contribution in [-0.4, -0.2) is 5.97 Å². The Labute approximate surface area is 107 Å². The summed E-state index contributed by atoms with van der Waals surface area (Å²) >= 11 is 0. The van der Waals surface area contributed by atoms with Gasteiger partial charge in [0, 0.05) is 0 Å². The molecule has 0 N–H and O–H groups in total. The SMILES string of the molecule is CCc1cccc(OC(=O)c2cccc(C)c2)c1. The number of benzene rings is 2. The summed E-state index contributed by atoms with van der Waals surface area (Å²) < 4.78 is 5.36. The third-order valence-electron chi connectivity index (χ3n) is 2.77. The predicted octanol–water partition coefficient (Wildman–Crippen LogP) is 3.78. The van der Waals surface area contributed by atoms with Gasteiger partial charge in [-0.2, -0.15) is 0 Å². The maximum absolute atomic E-state index is 11.9. The first-order chi connectivity index (χ1) is 8.69. The van der Waals surface area contributed by atoms with Gasteiger partial charge in [-0.15, -0.1) is 0 Å². The van der Waals surface area contributed by atoms with Crippen LogP contribution in [0.4, 0.5) is 0 Å². The molecule has 2 heteroatoms. The van der Waals surface area contributed by atoms with Crippen LogP contribution in [0.1, 0.15) is 28.4 Å². The van der Waals surface area contributed by atoms with Gasteiger partial charge in [0.15, 0.2) is 0 Å². The molecule has 2 rings (SSSR count). The van der Waals surface area contributed by atoms with Gasteiger partial charge in [0.1, 0.15) is 5.75 Å². The van der Waals surface area contributed by atoms with E-state index >= 15 is 0 Å². The maximum Gasteiger partial charge on any atom is 0.343 e. The van der Waals surface area contributed by atoms with Gasteiger partial charge in [0.05, 0.1) is 5.56 Å². The van der Waals surface area contributed by atoms with Crippen molar-refractivity contribution in [1.82, 2.24) is 0 Å². The zero-order chi connectivity index (χ0) is 13.0. The lowest BCUT2D eigenvalue weighted by atomic mass is 10.1. The van der Waals surface area contributed by atoms with Crippen molar-refractivity contribution in [2.75, 3.05) is 0 Å². The molecule has 0 aromatic heterocycles. The monoisotopic (exact) mass is 240 g/mol. The molecule has 0 saturated carbocycles. The van der Waals surface area contributed by atoms with Gasteiger partial charge in [0.2, 0.25) is 0 Å². The van der Waals surface area contributed by atoms with E-state index in [9.17, 15) is 4.79 Å². The van der Waals surface area contributed by atoms with E-state index in [1.807, 2.05) is 43.3 Å². The van der Waals surface area contributed by atoms with Gasteiger partial charge in [-0.1, -0.05) is 36.8 Å². The van der Waals surface area contributed by atoms with E-state index < -0.39 is 0 Å². The second kappa shape index (κ2) is 5.50. The third-order valence-corrected chi connectivity index (χ3v) is 2.77. The van der Waals surface area contributed by atoms with Gasteiger partial charge in [-0.3, -0.25) is 0 Å². The first-order valence-corrected chi connectivity index (χ1v) is 6.07. The van der Waals surface area contributed by atoms with Crippen molar-refractivity contribution < 1.29 is 9.53 Å². The standard InChI is InChI=1S/C16H16O2/c1-3-13-7-5-9-15(11-13)18-16(17)14-8-4-6-12(2)10-14/h4-11H,3H2,1-2H3. The summed E-state index contributed by atoms with van der Waals surface area (Å²) in [5, 5.41) is 0. The maximum atomic E-state index is 11.9. The quantitative estimate of drug-likeness (QED) is 0.603. The van der Waals surface area contributed by atoms with E-state index in [1.165, 1.54) is 0 Å². The van der Waals surface area contributed by atoms with E-state index in [0.29, 0.717) is 11.3 Å². The molecule has 0 bridgehead atoms. The molecule has 0 unspecified atom stereocenters. The average molecular weight is 240 g/mol. The third kappa shape index (κ3) is 2.98. The lowest BCUT2D eigenvalue weighted by Gasteiger charge is -2.06. The topological polar surface area (TPSA) is 26.3 Å². The highest BCUT2D eigenvalue weighted by Crippen LogP contribution is 2.16. The van der Waals surface area contributed by atoms with E-state index in [0.717, 1.165) is 17.5 Å². The molecule has 0 spiro atoms. The van der Waals surface area contributed by atoms with E-state index in [2.05, 4.69) is 6.92 Å². The molecule has 0 aliphatic heterocycles. The summed E-state index contributed by atoms with van der Waals surface area (Å²) in [6.45, 7) is 4.02. The fourth-order valence-electron chi connectivity index (χ4n) is 1.77. The number of hydrogen-bond acceptors (Lipinski definition) is 2. The summed E-state index contributed by atoms with van der Waals surface area (Å²) in [5.41, 5.74) is 2.79. The van der Waals surface area contributed by atoms with Gasteiger partial charge < -0.3 is 4.74 Å².